The molecule has 16 rings (SSSR count). The molecule has 15 aliphatic heterocycles. The first-order valence-corrected chi connectivity index (χ1v) is 56.4. The Labute approximate surface area is 837 Å². The van der Waals surface area contributed by atoms with Crippen LogP contribution in [0.1, 0.15) is 435 Å². The molecular weight excluding hydrogens is 1640 g/mol. The van der Waals surface area contributed by atoms with Gasteiger partial charge in [-0.3, -0.25) is 78.4 Å². The zero-order valence-electron chi connectivity index (χ0n) is 99.3. The molecule has 0 amide bonds. The Morgan fingerprint density at radius 2 is 0.425 bits per heavy atom. The summed E-state index contributed by atoms with van der Waals surface area (Å²) in [4.78, 5) is 42.7. The van der Waals surface area contributed by atoms with E-state index in [2.05, 4.69) is 411 Å². The highest BCUT2D eigenvalue weighted by atomic mass is 15.6. The molecule has 15 unspecified atom stereocenters. The Bertz CT molecular complexity index is 3220. The number of hydrogen-bond acceptors (Lipinski definition) is 16. The number of piperidine rings is 4. The Hall–Kier alpha value is -0.640. The summed E-state index contributed by atoms with van der Waals surface area (Å²) >= 11 is 0. The zero-order chi connectivity index (χ0) is 101. The molecule has 15 saturated heterocycles. The van der Waals surface area contributed by atoms with Gasteiger partial charge in [0.05, 0.1) is 65.7 Å². The third-order valence-electron chi connectivity index (χ3n) is 37.5. The molecule has 16 fully saturated rings. The van der Waals surface area contributed by atoms with Crippen molar-refractivity contribution in [2.75, 3.05) is 145 Å². The molecule has 134 heavy (non-hydrogen) atoms. The average molecular weight is 1880 g/mol. The summed E-state index contributed by atoms with van der Waals surface area (Å²) in [6.07, 6.45) is 23.9. The van der Waals surface area contributed by atoms with Gasteiger partial charge in [0.1, 0.15) is 0 Å². The minimum absolute atomic E-state index is 0.306. The van der Waals surface area contributed by atoms with Crippen molar-refractivity contribution in [2.24, 2.45) is 91.2 Å². The predicted molar refractivity (Wildman–Crippen MR) is 582 cm³/mol. The van der Waals surface area contributed by atoms with E-state index in [0.717, 1.165) is 103 Å². The fourth-order valence-electron chi connectivity index (χ4n) is 25.6. The second kappa shape index (κ2) is 43.4. The van der Waals surface area contributed by atoms with Gasteiger partial charge in [0.15, 0.2) is 0 Å². The highest BCUT2D eigenvalue weighted by molar-refractivity contribution is 5.05. The van der Waals surface area contributed by atoms with E-state index in [-0.39, 0.29) is 0 Å². The fourth-order valence-corrected chi connectivity index (χ4v) is 25.6. The van der Waals surface area contributed by atoms with Crippen LogP contribution >= 0.6 is 0 Å². The second-order valence-corrected chi connectivity index (χ2v) is 63.9. The third-order valence-corrected chi connectivity index (χ3v) is 37.5. The van der Waals surface area contributed by atoms with Gasteiger partial charge in [0.2, 0.25) is 0 Å². The van der Waals surface area contributed by atoms with Crippen molar-refractivity contribution in [1.82, 2.24) is 78.4 Å². The molecular formula is C118H236N16. The van der Waals surface area contributed by atoms with E-state index >= 15 is 0 Å². The van der Waals surface area contributed by atoms with Gasteiger partial charge in [-0.15, -0.1) is 0 Å². The highest BCUT2D eigenvalue weighted by Gasteiger charge is 2.54. The summed E-state index contributed by atoms with van der Waals surface area (Å²) in [5.41, 5.74) is 6.32. The Kier molecular flexibility index (Phi) is 37.9. The van der Waals surface area contributed by atoms with E-state index < -0.39 is 0 Å². The van der Waals surface area contributed by atoms with Gasteiger partial charge >= 0.3 is 0 Å². The van der Waals surface area contributed by atoms with Crippen molar-refractivity contribution < 1.29 is 0 Å². The molecule has 788 valence electrons. The summed E-state index contributed by atoms with van der Waals surface area (Å²) in [6, 6.07) is 4.22. The molecule has 16 nitrogen and oxygen atoms in total. The minimum Gasteiger partial charge on any atom is -0.298 e. The van der Waals surface area contributed by atoms with Crippen LogP contribution in [0.2, 0.25) is 0 Å². The summed E-state index contributed by atoms with van der Waals surface area (Å²) < 4.78 is 0. The number of nitrogens with zero attached hydrogens (tertiary/aromatic N) is 16. The lowest BCUT2D eigenvalue weighted by molar-refractivity contribution is -0.186. The molecule has 0 N–H and O–H groups in total. The maximum absolute atomic E-state index is 2.79. The standard InChI is InChI=1S/C17H34N2.C16H32N2.2C15H30N2.C15H29N.2C14H28N2.C12H25N3/c1-16(2,3)14-9-10-15-8-7-11-19(17(4,5)6)13-18(15)12-14;1-15(2,3)13-7-8-14-9-10-18(16(4,5)6)12-17(14)11-13;1-14(2,3)12-9-13-7-8-17(15(4,5)6)11-16(13)10-12;1-14(2,3)12-7-8-13-10-17(15(4,5)6)11-16(13)9-12;1-14(2,3)13-7-11-9-16(15(4,5)6)10-12(11)8-13;1-13(2,3)11-7-12-9-16(14(4,5)6)10-15(12)8-11;1-13(2,3)11-7-8-12-15(9-11)10-16(12)14(4,5)6;1-11(2,3)14-7-10-13(8-14)9-15(10)12(4,5)6/h14-15H,7-13H2,1-6H3;13-14H,7-12H2,1-6H3;2*12-13H,7-11H2,1-6H3;11-13H,7-10H2,1-6H3;2*11-12H,7-10H2,1-6H3;10H,7-9H2,1-6H3. The molecule has 1 aliphatic carbocycles. The van der Waals surface area contributed by atoms with Gasteiger partial charge in [-0.2, -0.15) is 0 Å². The van der Waals surface area contributed by atoms with Gasteiger partial charge in [-0.05, 0) is 387 Å². The zero-order valence-corrected chi connectivity index (χ0v) is 99.3. The summed E-state index contributed by atoms with van der Waals surface area (Å²) in [7, 11) is 0. The molecule has 1 saturated carbocycles. The van der Waals surface area contributed by atoms with E-state index in [1.54, 1.807) is 0 Å². The molecule has 16 aliphatic rings. The van der Waals surface area contributed by atoms with Crippen molar-refractivity contribution in [3.05, 3.63) is 0 Å². The van der Waals surface area contributed by atoms with E-state index in [1.165, 1.54) is 234 Å². The molecule has 0 aromatic carbocycles. The fraction of sp³-hybridized carbons (Fsp3) is 1.00. The first kappa shape index (κ1) is 117. The maximum atomic E-state index is 2.79. The summed E-state index contributed by atoms with van der Waals surface area (Å²) in [5.74, 6) is 8.20. The van der Waals surface area contributed by atoms with Gasteiger partial charge in [0, 0.05) is 165 Å². The maximum Gasteiger partial charge on any atom is 0.0790 e. The van der Waals surface area contributed by atoms with Crippen molar-refractivity contribution >= 4 is 0 Å². The largest absolute Gasteiger partial charge is 0.298 e. The Morgan fingerprint density at radius 3 is 0.784 bits per heavy atom. The Morgan fingerprint density at radius 1 is 0.157 bits per heavy atom. The molecule has 0 spiro atoms. The lowest BCUT2D eigenvalue weighted by Crippen LogP contribution is -2.71. The normalized spacial score (nSPS) is 33.0. The van der Waals surface area contributed by atoms with Crippen LogP contribution < -0.4 is 0 Å². The SMILES string of the molecule is CC(C)(C)C1CC2CCN(C(C)(C)C)CN2C1.CC(C)(C)C1CC2CN(C(C)(C)C)CC2C1.CC(C)(C)C1CC2CN(C(C)(C)C)CN2C1.CC(C)(C)C1CCC2CCCN(C(C)(C)C)CN2C1.CC(C)(C)C1CCC2CCN(C(C)(C)C)CN2C1.CC(C)(C)C1CCC2CN(C(C)(C)C)CN2C1.CC(C)(C)C1CCC2N(C1)CN2C(C)(C)C.CC(C)(C)N1CC2N(C1)CN2C(C)(C)C. The Balaban J connectivity index is 0.000000172. The molecule has 0 aromatic heterocycles. The lowest BCUT2D eigenvalue weighted by atomic mass is 9.74. The highest BCUT2D eigenvalue weighted by Crippen LogP contribution is 2.52. The first-order chi connectivity index (χ1) is 60.4. The van der Waals surface area contributed by atoms with E-state index in [9.17, 15) is 0 Å². The van der Waals surface area contributed by atoms with Crippen molar-refractivity contribution in [3.63, 3.8) is 0 Å². The number of fused-ring (bicyclic) bond motifs is 8. The topological polar surface area (TPSA) is 51.8 Å². The molecule has 0 aromatic rings. The number of rotatable bonds is 0. The molecule has 15 atom stereocenters. The van der Waals surface area contributed by atoms with Gasteiger partial charge < -0.3 is 0 Å². The smallest absolute Gasteiger partial charge is 0.0790 e. The van der Waals surface area contributed by atoms with Crippen LogP contribution in [0.15, 0.2) is 0 Å². The lowest BCUT2D eigenvalue weighted by Gasteiger charge is -2.61. The van der Waals surface area contributed by atoms with Crippen LogP contribution in [0.5, 0.6) is 0 Å². The van der Waals surface area contributed by atoms with Crippen molar-refractivity contribution in [2.45, 2.75) is 527 Å². The van der Waals surface area contributed by atoms with Gasteiger partial charge in [-0.1, -0.05) is 145 Å². The van der Waals surface area contributed by atoms with Crippen LogP contribution in [-0.2, 0) is 0 Å². The molecule has 16 heteroatoms. The first-order valence-electron chi connectivity index (χ1n) is 56.4. The van der Waals surface area contributed by atoms with Crippen LogP contribution in [0.25, 0.3) is 0 Å². The van der Waals surface area contributed by atoms with Crippen LogP contribution in [0, 0.1) is 91.2 Å². The molecule has 0 radical (unpaired) electrons. The van der Waals surface area contributed by atoms with Crippen LogP contribution in [0.3, 0.4) is 0 Å². The minimum atomic E-state index is 0.306. The third kappa shape index (κ3) is 32.2. The molecule has 0 bridgehead atoms. The monoisotopic (exact) mass is 1880 g/mol. The van der Waals surface area contributed by atoms with Crippen LogP contribution in [0.4, 0.5) is 0 Å². The van der Waals surface area contributed by atoms with Crippen LogP contribution in [-0.4, -0.2) is 316 Å². The van der Waals surface area contributed by atoms with E-state index in [0.29, 0.717) is 93.9 Å². The summed E-state index contributed by atoms with van der Waals surface area (Å²) in [5, 5.41) is 0. The van der Waals surface area contributed by atoms with E-state index in [4.69, 9.17) is 0 Å². The van der Waals surface area contributed by atoms with Gasteiger partial charge in [-0.25, -0.2) is 0 Å². The quantitative estimate of drug-likeness (QED) is 0.231. The van der Waals surface area contributed by atoms with Gasteiger partial charge in [0.25, 0.3) is 0 Å². The predicted octanol–water partition coefficient (Wildman–Crippen LogP) is 25.4. The average Bonchev–Trinajstić information content (AvgIpc) is 0.984. The number of likely N-dealkylation sites (tertiary alicyclic amines) is 1. The number of hydrogen-bond donors (Lipinski definition) is 0. The second-order valence-electron chi connectivity index (χ2n) is 63.9. The van der Waals surface area contributed by atoms with Crippen molar-refractivity contribution in [1.29, 1.82) is 0 Å². The van der Waals surface area contributed by atoms with Crippen molar-refractivity contribution in [3.8, 4) is 0 Å². The summed E-state index contributed by atoms with van der Waals surface area (Å²) in [6.45, 7) is 141. The van der Waals surface area contributed by atoms with E-state index in [1.807, 2.05) is 0 Å². The molecule has 15 heterocycles.